The molecule has 1 aromatic heterocycles. The Morgan fingerprint density at radius 3 is 2.65 bits per heavy atom. The Morgan fingerprint density at radius 2 is 2.00 bits per heavy atom. The molecule has 4 heteroatoms. The van der Waals surface area contributed by atoms with Gasteiger partial charge in [0.05, 0.1) is 12.7 Å². The highest BCUT2D eigenvalue weighted by Gasteiger charge is 2.09. The van der Waals surface area contributed by atoms with Crippen LogP contribution in [0.2, 0.25) is 0 Å². The smallest absolute Gasteiger partial charge is 0.337 e. The highest BCUT2D eigenvalue weighted by atomic mass is 16.5. The molecule has 0 bridgehead atoms. The van der Waals surface area contributed by atoms with E-state index in [2.05, 4.69) is 4.74 Å². The molecule has 17 heavy (non-hydrogen) atoms. The number of benzene rings is 1. The van der Waals surface area contributed by atoms with Gasteiger partial charge in [-0.1, -0.05) is 0 Å². The molecule has 0 fully saturated rings. The molecule has 0 saturated carbocycles. The average Bonchev–Trinajstić information content (AvgIpc) is 2.34. The lowest BCUT2D eigenvalue weighted by molar-refractivity contribution is 0.0601. The summed E-state index contributed by atoms with van der Waals surface area (Å²) in [5.74, 6) is -0.396. The van der Waals surface area contributed by atoms with Crippen molar-refractivity contribution in [3.63, 3.8) is 0 Å². The van der Waals surface area contributed by atoms with Gasteiger partial charge in [-0.2, -0.15) is 0 Å². The maximum atomic E-state index is 11.9. The van der Waals surface area contributed by atoms with Crippen molar-refractivity contribution >= 4 is 16.7 Å². The largest absolute Gasteiger partial charge is 0.465 e. The molecule has 1 heterocycles. The number of esters is 1. The van der Waals surface area contributed by atoms with Gasteiger partial charge < -0.3 is 9.30 Å². The standard InChI is InChI=1S/C13H13NO3/c1-8-7-14(2)12(15)10-5-4-9(6-11(8)10)13(16)17-3/h4-7H,1-3H3. The number of carbonyl (C=O) groups excluding carboxylic acids is 1. The predicted molar refractivity (Wildman–Crippen MR) is 65.3 cm³/mol. The highest BCUT2D eigenvalue weighted by Crippen LogP contribution is 2.17. The molecule has 88 valence electrons. The quantitative estimate of drug-likeness (QED) is 0.701. The van der Waals surface area contributed by atoms with Gasteiger partial charge in [-0.05, 0) is 36.1 Å². The maximum Gasteiger partial charge on any atom is 0.337 e. The van der Waals surface area contributed by atoms with E-state index in [1.165, 1.54) is 11.7 Å². The fraction of sp³-hybridized carbons (Fsp3) is 0.231. The van der Waals surface area contributed by atoms with Crippen LogP contribution in [0.3, 0.4) is 0 Å². The minimum absolute atomic E-state index is 0.0676. The molecule has 2 aromatic rings. The van der Waals surface area contributed by atoms with Gasteiger partial charge in [0.2, 0.25) is 0 Å². The van der Waals surface area contributed by atoms with Crippen LogP contribution in [0.1, 0.15) is 15.9 Å². The maximum absolute atomic E-state index is 11.9. The van der Waals surface area contributed by atoms with Crippen LogP contribution in [-0.2, 0) is 11.8 Å². The molecule has 1 aromatic carbocycles. The highest BCUT2D eigenvalue weighted by molar-refractivity contribution is 5.96. The van der Waals surface area contributed by atoms with Crippen LogP contribution in [0.4, 0.5) is 0 Å². The molecule has 0 radical (unpaired) electrons. The first-order chi connectivity index (χ1) is 8.04. The monoisotopic (exact) mass is 231 g/mol. The van der Waals surface area contributed by atoms with Crippen molar-refractivity contribution in [2.45, 2.75) is 6.92 Å². The van der Waals surface area contributed by atoms with Gasteiger partial charge in [-0.3, -0.25) is 4.79 Å². The minimum Gasteiger partial charge on any atom is -0.465 e. The molecule has 0 aliphatic heterocycles. The van der Waals surface area contributed by atoms with Crippen LogP contribution in [0.25, 0.3) is 10.8 Å². The molecule has 4 nitrogen and oxygen atoms in total. The number of hydrogen-bond donors (Lipinski definition) is 0. The van der Waals surface area contributed by atoms with Gasteiger partial charge in [0.25, 0.3) is 5.56 Å². The molecule has 0 spiro atoms. The van der Waals surface area contributed by atoms with Crippen molar-refractivity contribution < 1.29 is 9.53 Å². The molecule has 0 aliphatic carbocycles. The van der Waals surface area contributed by atoms with Crippen LogP contribution in [0.15, 0.2) is 29.2 Å². The van der Waals surface area contributed by atoms with E-state index in [0.717, 1.165) is 10.9 Å². The lowest BCUT2D eigenvalue weighted by Crippen LogP contribution is -2.17. The van der Waals surface area contributed by atoms with Crippen LogP contribution < -0.4 is 5.56 Å². The second kappa shape index (κ2) is 4.05. The Bertz CT molecular complexity index is 655. The number of aromatic nitrogens is 1. The van der Waals surface area contributed by atoms with Crippen molar-refractivity contribution in [1.82, 2.24) is 4.57 Å². The second-order valence-electron chi connectivity index (χ2n) is 3.98. The van der Waals surface area contributed by atoms with E-state index < -0.39 is 5.97 Å². The SMILES string of the molecule is COC(=O)c1ccc2c(=O)n(C)cc(C)c2c1. The number of rotatable bonds is 1. The van der Waals surface area contributed by atoms with Gasteiger partial charge in [0.1, 0.15) is 0 Å². The third-order valence-electron chi connectivity index (χ3n) is 2.80. The Labute approximate surface area is 98.4 Å². The fourth-order valence-corrected chi connectivity index (χ4v) is 1.91. The molecule has 0 amide bonds. The van der Waals surface area contributed by atoms with Gasteiger partial charge in [0.15, 0.2) is 0 Å². The summed E-state index contributed by atoms with van der Waals surface area (Å²) in [4.78, 5) is 23.3. The van der Waals surface area contributed by atoms with E-state index in [-0.39, 0.29) is 5.56 Å². The third kappa shape index (κ3) is 1.82. The molecule has 0 unspecified atom stereocenters. The van der Waals surface area contributed by atoms with E-state index in [4.69, 9.17) is 0 Å². The molecular weight excluding hydrogens is 218 g/mol. The lowest BCUT2D eigenvalue weighted by Gasteiger charge is -2.07. The number of aryl methyl sites for hydroxylation is 2. The van der Waals surface area contributed by atoms with Crippen molar-refractivity contribution in [2.75, 3.05) is 7.11 Å². The first-order valence-corrected chi connectivity index (χ1v) is 5.23. The van der Waals surface area contributed by atoms with E-state index in [1.54, 1.807) is 31.4 Å². The van der Waals surface area contributed by atoms with Crippen LogP contribution in [-0.4, -0.2) is 17.6 Å². The summed E-state index contributed by atoms with van der Waals surface area (Å²) in [7, 11) is 3.05. The Hall–Kier alpha value is -2.10. The molecule has 0 N–H and O–H groups in total. The predicted octanol–water partition coefficient (Wildman–Crippen LogP) is 1.63. The zero-order valence-electron chi connectivity index (χ0n) is 9.98. The number of hydrogen-bond acceptors (Lipinski definition) is 3. The molecule has 2 rings (SSSR count). The zero-order chi connectivity index (χ0) is 12.6. The van der Waals surface area contributed by atoms with E-state index in [0.29, 0.717) is 10.9 Å². The van der Waals surface area contributed by atoms with Crippen LogP contribution >= 0.6 is 0 Å². The zero-order valence-corrected chi connectivity index (χ0v) is 9.98. The average molecular weight is 231 g/mol. The summed E-state index contributed by atoms with van der Waals surface area (Å²) in [6.45, 7) is 1.91. The number of pyridine rings is 1. The summed E-state index contributed by atoms with van der Waals surface area (Å²) < 4.78 is 6.19. The molecular formula is C13H13NO3. The normalized spacial score (nSPS) is 10.5. The second-order valence-corrected chi connectivity index (χ2v) is 3.98. The lowest BCUT2D eigenvalue weighted by atomic mass is 10.1. The number of carbonyl (C=O) groups is 1. The first-order valence-electron chi connectivity index (χ1n) is 5.23. The summed E-state index contributed by atoms with van der Waals surface area (Å²) in [5.41, 5.74) is 1.34. The number of nitrogens with zero attached hydrogens (tertiary/aromatic N) is 1. The molecule has 0 atom stereocenters. The summed E-state index contributed by atoms with van der Waals surface area (Å²) in [6, 6.07) is 4.96. The fourth-order valence-electron chi connectivity index (χ4n) is 1.91. The third-order valence-corrected chi connectivity index (χ3v) is 2.80. The van der Waals surface area contributed by atoms with Crippen LogP contribution in [0.5, 0.6) is 0 Å². The molecule has 0 saturated heterocycles. The first kappa shape index (κ1) is 11.4. The van der Waals surface area contributed by atoms with Gasteiger partial charge in [-0.15, -0.1) is 0 Å². The minimum atomic E-state index is -0.396. The summed E-state index contributed by atoms with van der Waals surface area (Å²) >= 11 is 0. The van der Waals surface area contributed by atoms with E-state index in [1.807, 2.05) is 6.92 Å². The topological polar surface area (TPSA) is 48.3 Å². The summed E-state index contributed by atoms with van der Waals surface area (Å²) in [6.07, 6.45) is 1.76. The van der Waals surface area contributed by atoms with Crippen molar-refractivity contribution in [3.8, 4) is 0 Å². The Kier molecular flexibility index (Phi) is 2.71. The van der Waals surface area contributed by atoms with E-state index in [9.17, 15) is 9.59 Å². The molecule has 0 aliphatic rings. The van der Waals surface area contributed by atoms with Crippen molar-refractivity contribution in [1.29, 1.82) is 0 Å². The van der Waals surface area contributed by atoms with Crippen molar-refractivity contribution in [2.24, 2.45) is 7.05 Å². The Balaban J connectivity index is 2.79. The van der Waals surface area contributed by atoms with Crippen LogP contribution in [0, 0.1) is 6.92 Å². The van der Waals surface area contributed by atoms with E-state index >= 15 is 0 Å². The van der Waals surface area contributed by atoms with Gasteiger partial charge >= 0.3 is 5.97 Å². The van der Waals surface area contributed by atoms with Gasteiger partial charge in [-0.25, -0.2) is 4.79 Å². The Morgan fingerprint density at radius 1 is 1.29 bits per heavy atom. The van der Waals surface area contributed by atoms with Crippen molar-refractivity contribution in [3.05, 3.63) is 45.9 Å². The number of methoxy groups -OCH3 is 1. The number of fused-ring (bicyclic) bond motifs is 1. The summed E-state index contributed by atoms with van der Waals surface area (Å²) in [5, 5.41) is 1.40. The van der Waals surface area contributed by atoms with Gasteiger partial charge in [0, 0.05) is 18.6 Å². The number of ether oxygens (including phenoxy) is 1.